The molecule has 2 aromatic rings. The standard InChI is InChI=1S/C27H32N2O5/c1-17(2)24(15-25(30)29-13-11-18(12-14-29)26(31)32)28-27(33)34-16-23-21-9-5-3-7-19(21)20-8-4-6-10-22(20)23/h3-10,17-18,23-24H,11-16H2,1-2H3,(H,28,33)(H,31,32)/t24-/m1/s1. The zero-order valence-corrected chi connectivity index (χ0v) is 19.7. The van der Waals surface area contributed by atoms with Crippen molar-refractivity contribution in [3.8, 4) is 11.1 Å². The first-order valence-electron chi connectivity index (χ1n) is 12.0. The summed E-state index contributed by atoms with van der Waals surface area (Å²) < 4.78 is 5.65. The first-order valence-corrected chi connectivity index (χ1v) is 12.0. The molecule has 2 aromatic carbocycles. The summed E-state index contributed by atoms with van der Waals surface area (Å²) in [5.41, 5.74) is 4.64. The number of aliphatic carboxylic acids is 1. The number of nitrogens with zero attached hydrogens (tertiary/aromatic N) is 1. The van der Waals surface area contributed by atoms with E-state index >= 15 is 0 Å². The third kappa shape index (κ3) is 5.08. The zero-order valence-electron chi connectivity index (χ0n) is 19.7. The van der Waals surface area contributed by atoms with E-state index < -0.39 is 12.1 Å². The molecule has 0 radical (unpaired) electrons. The molecule has 0 aromatic heterocycles. The molecule has 7 nitrogen and oxygen atoms in total. The molecule has 2 aliphatic rings. The number of rotatable bonds is 7. The van der Waals surface area contributed by atoms with Crippen LogP contribution in [-0.2, 0) is 14.3 Å². The normalized spacial score (nSPS) is 16.6. The molecule has 1 aliphatic heterocycles. The van der Waals surface area contributed by atoms with Crippen molar-refractivity contribution in [1.82, 2.24) is 10.2 Å². The molecule has 1 fully saturated rings. The molecule has 1 aliphatic carbocycles. The monoisotopic (exact) mass is 464 g/mol. The molecule has 0 bridgehead atoms. The Labute approximate surface area is 200 Å². The maximum atomic E-state index is 12.8. The first kappa shape index (κ1) is 23.8. The van der Waals surface area contributed by atoms with Gasteiger partial charge < -0.3 is 20.1 Å². The Morgan fingerprint density at radius 1 is 1.00 bits per heavy atom. The second-order valence-electron chi connectivity index (χ2n) is 9.52. The number of benzene rings is 2. The number of carbonyl (C=O) groups excluding carboxylic acids is 2. The van der Waals surface area contributed by atoms with Crippen molar-refractivity contribution in [2.45, 2.75) is 45.1 Å². The fraction of sp³-hybridized carbons (Fsp3) is 0.444. The topological polar surface area (TPSA) is 95.9 Å². The highest BCUT2D eigenvalue weighted by atomic mass is 16.5. The Morgan fingerprint density at radius 3 is 2.09 bits per heavy atom. The number of piperidine rings is 1. The average molecular weight is 465 g/mol. The first-order chi connectivity index (χ1) is 16.3. The van der Waals surface area contributed by atoms with Crippen LogP contribution in [0.4, 0.5) is 4.79 Å². The van der Waals surface area contributed by atoms with Gasteiger partial charge in [-0.3, -0.25) is 9.59 Å². The van der Waals surface area contributed by atoms with Crippen molar-refractivity contribution in [3.05, 3.63) is 59.7 Å². The highest BCUT2D eigenvalue weighted by Crippen LogP contribution is 2.44. The molecule has 34 heavy (non-hydrogen) atoms. The Balaban J connectivity index is 1.33. The lowest BCUT2D eigenvalue weighted by Crippen LogP contribution is -2.46. The predicted octanol–water partition coefficient (Wildman–Crippen LogP) is 4.26. The Hall–Kier alpha value is -3.35. The SMILES string of the molecule is CC(C)[C@@H](CC(=O)N1CCC(C(=O)O)CC1)NC(=O)OCC1c2ccccc2-c2ccccc21. The lowest BCUT2D eigenvalue weighted by molar-refractivity contribution is -0.145. The summed E-state index contributed by atoms with van der Waals surface area (Å²) in [5.74, 6) is -1.23. The number of carboxylic acids is 1. The molecule has 0 unspecified atom stereocenters. The molecule has 2 amide bonds. The van der Waals surface area contributed by atoms with Crippen molar-refractivity contribution in [3.63, 3.8) is 0 Å². The van der Waals surface area contributed by atoms with Crippen LogP contribution in [0.15, 0.2) is 48.5 Å². The van der Waals surface area contributed by atoms with Gasteiger partial charge in [-0.2, -0.15) is 0 Å². The van der Waals surface area contributed by atoms with Crippen LogP contribution in [0.1, 0.15) is 50.2 Å². The number of hydrogen-bond donors (Lipinski definition) is 2. The van der Waals surface area contributed by atoms with Crippen molar-refractivity contribution in [2.24, 2.45) is 11.8 Å². The molecule has 0 spiro atoms. The van der Waals surface area contributed by atoms with Crippen LogP contribution in [-0.4, -0.2) is 53.7 Å². The summed E-state index contributed by atoms with van der Waals surface area (Å²) in [6.45, 7) is 5.01. The van der Waals surface area contributed by atoms with Crippen LogP contribution in [0.5, 0.6) is 0 Å². The number of hydrogen-bond acceptors (Lipinski definition) is 4. The van der Waals surface area contributed by atoms with Crippen molar-refractivity contribution in [1.29, 1.82) is 0 Å². The quantitative estimate of drug-likeness (QED) is 0.638. The number of carbonyl (C=O) groups is 3. The number of carboxylic acid groups (broad SMARTS) is 1. The number of alkyl carbamates (subject to hydrolysis) is 1. The van der Waals surface area contributed by atoms with Gasteiger partial charge in [0.25, 0.3) is 0 Å². The summed E-state index contributed by atoms with van der Waals surface area (Å²) in [6.07, 6.45) is 0.568. The van der Waals surface area contributed by atoms with Crippen LogP contribution in [0.2, 0.25) is 0 Å². The van der Waals surface area contributed by atoms with E-state index in [0.29, 0.717) is 25.9 Å². The van der Waals surface area contributed by atoms with Gasteiger partial charge in [0.05, 0.1) is 5.92 Å². The van der Waals surface area contributed by atoms with Crippen molar-refractivity contribution in [2.75, 3.05) is 19.7 Å². The van der Waals surface area contributed by atoms with Gasteiger partial charge in [-0.1, -0.05) is 62.4 Å². The fourth-order valence-electron chi connectivity index (χ4n) is 4.94. The molecular weight excluding hydrogens is 432 g/mol. The van der Waals surface area contributed by atoms with Gasteiger partial charge in [0, 0.05) is 31.5 Å². The molecule has 7 heteroatoms. The van der Waals surface area contributed by atoms with Crippen LogP contribution in [0.25, 0.3) is 11.1 Å². The molecule has 180 valence electrons. The lowest BCUT2D eigenvalue weighted by Gasteiger charge is -2.32. The van der Waals surface area contributed by atoms with Gasteiger partial charge in [0.2, 0.25) is 5.91 Å². The number of likely N-dealkylation sites (tertiary alicyclic amines) is 1. The number of ether oxygens (including phenoxy) is 1. The van der Waals surface area contributed by atoms with E-state index in [0.717, 1.165) is 11.1 Å². The number of amides is 2. The number of fused-ring (bicyclic) bond motifs is 3. The molecule has 1 heterocycles. The molecule has 2 N–H and O–H groups in total. The highest BCUT2D eigenvalue weighted by Gasteiger charge is 2.31. The Morgan fingerprint density at radius 2 is 1.56 bits per heavy atom. The number of nitrogens with one attached hydrogen (secondary N) is 1. The van der Waals surface area contributed by atoms with E-state index in [1.165, 1.54) is 11.1 Å². The summed E-state index contributed by atoms with van der Waals surface area (Å²) in [6, 6.07) is 16.0. The fourth-order valence-corrected chi connectivity index (χ4v) is 4.94. The van der Waals surface area contributed by atoms with E-state index in [1.807, 2.05) is 38.1 Å². The maximum Gasteiger partial charge on any atom is 0.407 e. The molecule has 4 rings (SSSR count). The van der Waals surface area contributed by atoms with Gasteiger partial charge >= 0.3 is 12.1 Å². The minimum atomic E-state index is -0.802. The summed E-state index contributed by atoms with van der Waals surface area (Å²) in [7, 11) is 0. The highest BCUT2D eigenvalue weighted by molar-refractivity contribution is 5.80. The van der Waals surface area contributed by atoms with Crippen molar-refractivity contribution < 1.29 is 24.2 Å². The van der Waals surface area contributed by atoms with Crippen molar-refractivity contribution >= 4 is 18.0 Å². The smallest absolute Gasteiger partial charge is 0.407 e. The van der Waals surface area contributed by atoms with E-state index in [-0.39, 0.29) is 42.7 Å². The van der Waals surface area contributed by atoms with Gasteiger partial charge in [-0.05, 0) is 41.0 Å². The minimum absolute atomic E-state index is 0.0205. The summed E-state index contributed by atoms with van der Waals surface area (Å²) >= 11 is 0. The third-order valence-corrected chi connectivity index (χ3v) is 7.04. The summed E-state index contributed by atoms with van der Waals surface area (Å²) in [5, 5.41) is 12.0. The maximum absolute atomic E-state index is 12.8. The second-order valence-corrected chi connectivity index (χ2v) is 9.52. The van der Waals surface area contributed by atoms with Crippen LogP contribution in [0.3, 0.4) is 0 Å². The van der Waals surface area contributed by atoms with Gasteiger partial charge in [0.15, 0.2) is 0 Å². The predicted molar refractivity (Wildman–Crippen MR) is 128 cm³/mol. The van der Waals surface area contributed by atoms with Gasteiger partial charge in [0.1, 0.15) is 6.61 Å². The Bertz CT molecular complexity index is 1010. The van der Waals surface area contributed by atoms with E-state index in [1.54, 1.807) is 4.90 Å². The summed E-state index contributed by atoms with van der Waals surface area (Å²) in [4.78, 5) is 38.3. The Kier molecular flexibility index (Phi) is 7.20. The van der Waals surface area contributed by atoms with Crippen LogP contribution >= 0.6 is 0 Å². The average Bonchev–Trinajstić information content (AvgIpc) is 3.16. The molecule has 0 saturated carbocycles. The minimum Gasteiger partial charge on any atom is -0.481 e. The van der Waals surface area contributed by atoms with Gasteiger partial charge in [-0.25, -0.2) is 4.79 Å². The van der Waals surface area contributed by atoms with E-state index in [2.05, 4.69) is 29.6 Å². The van der Waals surface area contributed by atoms with Crippen LogP contribution < -0.4 is 5.32 Å². The largest absolute Gasteiger partial charge is 0.481 e. The van der Waals surface area contributed by atoms with Gasteiger partial charge in [-0.15, -0.1) is 0 Å². The zero-order chi connectivity index (χ0) is 24.2. The second kappa shape index (κ2) is 10.3. The third-order valence-electron chi connectivity index (χ3n) is 7.04. The molecule has 1 saturated heterocycles. The van der Waals surface area contributed by atoms with E-state index in [9.17, 15) is 14.4 Å². The lowest BCUT2D eigenvalue weighted by atomic mass is 9.95. The van der Waals surface area contributed by atoms with Crippen LogP contribution in [0, 0.1) is 11.8 Å². The van der Waals surface area contributed by atoms with E-state index in [4.69, 9.17) is 9.84 Å². The molecular formula is C27H32N2O5. The molecule has 1 atom stereocenters.